The molecule has 72 valence electrons. The maximum absolute atomic E-state index is 5.17. The van der Waals surface area contributed by atoms with Crippen LogP contribution in [0.25, 0.3) is 0 Å². The minimum atomic E-state index is 0.546. The molecule has 1 aromatic rings. The molecule has 0 amide bonds. The molecule has 3 heteroatoms. The van der Waals surface area contributed by atoms with Crippen LogP contribution in [0, 0.1) is 6.92 Å². The molecule has 0 atom stereocenters. The van der Waals surface area contributed by atoms with E-state index in [0.717, 1.165) is 5.69 Å². The molecule has 1 N–H and O–H groups in total. The molecule has 0 heterocycles. The fourth-order valence-electron chi connectivity index (χ4n) is 0.941. The average molecular weight is 181 g/mol. The Kier molecular flexibility index (Phi) is 4.29. The van der Waals surface area contributed by atoms with Crippen molar-refractivity contribution in [3.63, 3.8) is 0 Å². The van der Waals surface area contributed by atoms with E-state index in [-0.39, 0.29) is 0 Å². The highest BCUT2D eigenvalue weighted by molar-refractivity contribution is 5.48. The Labute approximate surface area is 78.6 Å². The summed E-state index contributed by atoms with van der Waals surface area (Å²) in [6, 6.07) is 7.97. The number of rotatable bonds is 5. The molecular formula is C10H15NO2. The summed E-state index contributed by atoms with van der Waals surface area (Å²) in [5.74, 6) is 0. The number of anilines is 1. The molecule has 0 aliphatic rings. The smallest absolute Gasteiger partial charge is 0.0979 e. The minimum absolute atomic E-state index is 0.546. The number of para-hydroxylation sites is 1. The van der Waals surface area contributed by atoms with Gasteiger partial charge in [0, 0.05) is 7.11 Å². The van der Waals surface area contributed by atoms with Crippen LogP contribution in [0.5, 0.6) is 0 Å². The lowest BCUT2D eigenvalue weighted by Crippen LogP contribution is -2.07. The normalized spacial score (nSPS) is 10.0. The number of hydrogen-bond donors (Lipinski definition) is 1. The van der Waals surface area contributed by atoms with Crippen LogP contribution in [-0.4, -0.2) is 20.3 Å². The van der Waals surface area contributed by atoms with Gasteiger partial charge in [0.25, 0.3) is 0 Å². The Balaban J connectivity index is 2.32. The van der Waals surface area contributed by atoms with Crippen LogP contribution < -0.4 is 5.48 Å². The molecule has 0 radical (unpaired) electrons. The van der Waals surface area contributed by atoms with E-state index < -0.39 is 0 Å². The molecule has 0 aliphatic heterocycles. The van der Waals surface area contributed by atoms with E-state index in [1.54, 1.807) is 7.11 Å². The topological polar surface area (TPSA) is 30.5 Å². The summed E-state index contributed by atoms with van der Waals surface area (Å²) < 4.78 is 4.85. The van der Waals surface area contributed by atoms with Crippen LogP contribution in [0.1, 0.15) is 5.56 Å². The molecule has 0 unspecified atom stereocenters. The van der Waals surface area contributed by atoms with E-state index in [1.807, 2.05) is 31.2 Å². The van der Waals surface area contributed by atoms with Gasteiger partial charge in [-0.1, -0.05) is 18.2 Å². The molecule has 3 nitrogen and oxygen atoms in total. The van der Waals surface area contributed by atoms with Crippen molar-refractivity contribution in [2.75, 3.05) is 25.8 Å². The van der Waals surface area contributed by atoms with E-state index in [1.165, 1.54) is 5.56 Å². The highest BCUT2D eigenvalue weighted by Gasteiger charge is 1.94. The lowest BCUT2D eigenvalue weighted by molar-refractivity contribution is 0.101. The van der Waals surface area contributed by atoms with Crippen LogP contribution in [0.2, 0.25) is 0 Å². The van der Waals surface area contributed by atoms with Gasteiger partial charge in [-0.05, 0) is 18.6 Å². The number of ether oxygens (including phenoxy) is 1. The van der Waals surface area contributed by atoms with Crippen molar-refractivity contribution in [1.82, 2.24) is 0 Å². The van der Waals surface area contributed by atoms with E-state index in [4.69, 9.17) is 9.57 Å². The summed E-state index contributed by atoms with van der Waals surface area (Å²) in [7, 11) is 1.65. The van der Waals surface area contributed by atoms with Crippen molar-refractivity contribution in [1.29, 1.82) is 0 Å². The Bertz CT molecular complexity index is 250. The fraction of sp³-hybridized carbons (Fsp3) is 0.400. The molecule has 0 fully saturated rings. The Hall–Kier alpha value is -1.06. The van der Waals surface area contributed by atoms with Gasteiger partial charge in [-0.25, -0.2) is 0 Å². The van der Waals surface area contributed by atoms with Gasteiger partial charge in [-0.3, -0.25) is 10.3 Å². The number of methoxy groups -OCH3 is 1. The zero-order chi connectivity index (χ0) is 9.52. The van der Waals surface area contributed by atoms with E-state index in [0.29, 0.717) is 13.2 Å². The maximum atomic E-state index is 5.17. The Morgan fingerprint density at radius 3 is 2.69 bits per heavy atom. The van der Waals surface area contributed by atoms with Crippen molar-refractivity contribution in [2.24, 2.45) is 0 Å². The van der Waals surface area contributed by atoms with Crippen LogP contribution >= 0.6 is 0 Å². The molecule has 0 aromatic heterocycles. The molecule has 0 spiro atoms. The summed E-state index contributed by atoms with van der Waals surface area (Å²) in [4.78, 5) is 5.17. The zero-order valence-electron chi connectivity index (χ0n) is 8.04. The largest absolute Gasteiger partial charge is 0.382 e. The first-order valence-corrected chi connectivity index (χ1v) is 4.27. The SMILES string of the molecule is COCCONc1ccccc1C. The van der Waals surface area contributed by atoms with E-state index in [2.05, 4.69) is 5.48 Å². The summed E-state index contributed by atoms with van der Waals surface area (Å²) in [5, 5.41) is 0. The van der Waals surface area contributed by atoms with Gasteiger partial charge in [-0.2, -0.15) is 0 Å². The van der Waals surface area contributed by atoms with Gasteiger partial charge in [0.1, 0.15) is 0 Å². The van der Waals surface area contributed by atoms with Crippen molar-refractivity contribution in [2.45, 2.75) is 6.92 Å². The predicted molar refractivity (Wildman–Crippen MR) is 52.6 cm³/mol. The van der Waals surface area contributed by atoms with Crippen molar-refractivity contribution in [3.05, 3.63) is 29.8 Å². The maximum Gasteiger partial charge on any atom is 0.0979 e. The van der Waals surface area contributed by atoms with Crippen LogP contribution in [0.15, 0.2) is 24.3 Å². The summed E-state index contributed by atoms with van der Waals surface area (Å²) >= 11 is 0. The first-order valence-electron chi connectivity index (χ1n) is 4.27. The Morgan fingerprint density at radius 1 is 1.23 bits per heavy atom. The van der Waals surface area contributed by atoms with Crippen molar-refractivity contribution in [3.8, 4) is 0 Å². The second-order valence-electron chi connectivity index (χ2n) is 2.76. The lowest BCUT2D eigenvalue weighted by Gasteiger charge is -2.08. The standard InChI is InChI=1S/C10H15NO2/c1-9-5-3-4-6-10(9)11-13-8-7-12-2/h3-6,11H,7-8H2,1-2H3. The number of hydrogen-bond acceptors (Lipinski definition) is 3. The van der Waals surface area contributed by atoms with E-state index in [9.17, 15) is 0 Å². The fourth-order valence-corrected chi connectivity index (χ4v) is 0.941. The number of aryl methyl sites for hydroxylation is 1. The molecule has 13 heavy (non-hydrogen) atoms. The van der Waals surface area contributed by atoms with E-state index >= 15 is 0 Å². The molecule has 1 rings (SSSR count). The highest BCUT2D eigenvalue weighted by atomic mass is 16.7. The second-order valence-corrected chi connectivity index (χ2v) is 2.76. The lowest BCUT2D eigenvalue weighted by atomic mass is 10.2. The molecule has 0 bridgehead atoms. The molecule has 0 aliphatic carbocycles. The first kappa shape index (κ1) is 10.0. The van der Waals surface area contributed by atoms with Gasteiger partial charge in [-0.15, -0.1) is 0 Å². The van der Waals surface area contributed by atoms with Crippen LogP contribution in [0.4, 0.5) is 5.69 Å². The van der Waals surface area contributed by atoms with Crippen LogP contribution in [0.3, 0.4) is 0 Å². The Morgan fingerprint density at radius 2 is 2.00 bits per heavy atom. The van der Waals surface area contributed by atoms with Gasteiger partial charge in [0.2, 0.25) is 0 Å². The van der Waals surface area contributed by atoms with Gasteiger partial charge in [0.15, 0.2) is 0 Å². The van der Waals surface area contributed by atoms with Gasteiger partial charge in [0.05, 0.1) is 18.9 Å². The third-order valence-corrected chi connectivity index (χ3v) is 1.72. The van der Waals surface area contributed by atoms with Crippen molar-refractivity contribution >= 4 is 5.69 Å². The second kappa shape index (κ2) is 5.56. The quantitative estimate of drug-likeness (QED) is 0.556. The molecular weight excluding hydrogens is 166 g/mol. The third-order valence-electron chi connectivity index (χ3n) is 1.72. The summed E-state index contributed by atoms with van der Waals surface area (Å²) in [5.41, 5.74) is 5.03. The van der Waals surface area contributed by atoms with Gasteiger partial charge < -0.3 is 4.74 Å². The van der Waals surface area contributed by atoms with Gasteiger partial charge >= 0.3 is 0 Å². The monoisotopic (exact) mass is 181 g/mol. The molecule has 0 saturated carbocycles. The average Bonchev–Trinajstić information content (AvgIpc) is 2.15. The molecule has 1 aromatic carbocycles. The zero-order valence-corrected chi connectivity index (χ0v) is 8.04. The highest BCUT2D eigenvalue weighted by Crippen LogP contribution is 2.12. The summed E-state index contributed by atoms with van der Waals surface area (Å²) in [6.45, 7) is 3.17. The van der Waals surface area contributed by atoms with Crippen LogP contribution in [-0.2, 0) is 9.57 Å². The predicted octanol–water partition coefficient (Wildman–Crippen LogP) is 1.98. The minimum Gasteiger partial charge on any atom is -0.382 e. The third kappa shape index (κ3) is 3.44. The number of nitrogens with one attached hydrogen (secondary N) is 1. The van der Waals surface area contributed by atoms with Crippen molar-refractivity contribution < 1.29 is 9.57 Å². The summed E-state index contributed by atoms with van der Waals surface area (Å²) in [6.07, 6.45) is 0. The number of benzene rings is 1. The molecule has 0 saturated heterocycles. The first-order chi connectivity index (χ1) is 6.34.